The van der Waals surface area contributed by atoms with E-state index in [1.807, 2.05) is 38.1 Å². The van der Waals surface area contributed by atoms with Gasteiger partial charge in [0.25, 0.3) is 10.0 Å². The summed E-state index contributed by atoms with van der Waals surface area (Å²) in [4.78, 5) is 13.1. The maximum Gasteiger partial charge on any atom is 0.264 e. The van der Waals surface area contributed by atoms with Crippen molar-refractivity contribution in [2.24, 2.45) is 0 Å². The van der Waals surface area contributed by atoms with Crippen LogP contribution in [-0.2, 0) is 21.2 Å². The number of rotatable bonds is 8. The largest absolute Gasteiger partial charge is 0.299 e. The van der Waals surface area contributed by atoms with E-state index in [9.17, 15) is 13.2 Å². The molecule has 0 saturated heterocycles. The molecule has 10 heteroatoms. The quantitative estimate of drug-likeness (QED) is 0.324. The van der Waals surface area contributed by atoms with Crippen LogP contribution >= 0.6 is 22.9 Å². The van der Waals surface area contributed by atoms with Gasteiger partial charge in [0.05, 0.1) is 10.6 Å². The maximum atomic E-state index is 13.6. The molecule has 1 heterocycles. The fraction of sp³-hybridized carbons (Fsp3) is 0.160. The van der Waals surface area contributed by atoms with Crippen molar-refractivity contribution in [1.29, 1.82) is 0 Å². The second kappa shape index (κ2) is 10.6. The third-order valence-electron chi connectivity index (χ3n) is 5.30. The summed E-state index contributed by atoms with van der Waals surface area (Å²) in [6.45, 7) is 3.41. The Labute approximate surface area is 213 Å². The topological polar surface area (TPSA) is 92.3 Å². The molecule has 1 aromatic heterocycles. The van der Waals surface area contributed by atoms with Gasteiger partial charge in [0, 0.05) is 10.6 Å². The van der Waals surface area contributed by atoms with Gasteiger partial charge in [-0.15, -0.1) is 10.2 Å². The summed E-state index contributed by atoms with van der Waals surface area (Å²) in [5.41, 5.74) is 3.03. The number of anilines is 2. The fourth-order valence-corrected chi connectivity index (χ4v) is 5.81. The Morgan fingerprint density at radius 2 is 1.69 bits per heavy atom. The number of nitrogens with one attached hydrogen (secondary N) is 1. The lowest BCUT2D eigenvalue weighted by molar-refractivity contribution is -0.114. The molecule has 0 spiro atoms. The number of sulfonamides is 1. The van der Waals surface area contributed by atoms with E-state index in [-0.39, 0.29) is 10.0 Å². The minimum atomic E-state index is -4.01. The summed E-state index contributed by atoms with van der Waals surface area (Å²) < 4.78 is 28.4. The highest BCUT2D eigenvalue weighted by Crippen LogP contribution is 2.29. The second-order valence-corrected chi connectivity index (χ2v) is 11.1. The number of hydrogen-bond acceptors (Lipinski definition) is 6. The predicted octanol–water partition coefficient (Wildman–Crippen LogP) is 5.56. The lowest BCUT2D eigenvalue weighted by Gasteiger charge is -2.26. The summed E-state index contributed by atoms with van der Waals surface area (Å²) >= 11 is 7.13. The van der Waals surface area contributed by atoms with Crippen LogP contribution in [0.2, 0.25) is 5.02 Å². The van der Waals surface area contributed by atoms with Crippen molar-refractivity contribution in [1.82, 2.24) is 10.2 Å². The Kier molecular flexibility index (Phi) is 7.49. The molecule has 0 bridgehead atoms. The molecule has 4 rings (SSSR count). The summed E-state index contributed by atoms with van der Waals surface area (Å²) in [6.07, 6.45) is 0.610. The number of para-hydroxylation sites is 1. The monoisotopic (exact) mass is 526 g/mol. The fourth-order valence-electron chi connectivity index (χ4n) is 3.46. The van der Waals surface area contributed by atoms with Crippen LogP contribution in [0.3, 0.4) is 0 Å². The van der Waals surface area contributed by atoms with Crippen molar-refractivity contribution in [3.8, 4) is 10.6 Å². The number of amides is 1. The Bertz CT molecular complexity index is 1440. The number of carbonyl (C=O) groups is 1. The molecule has 4 aromatic rings. The molecule has 0 aliphatic heterocycles. The summed E-state index contributed by atoms with van der Waals surface area (Å²) in [5, 5.41) is 12.3. The minimum absolute atomic E-state index is 0.114. The average molecular weight is 527 g/mol. The first-order chi connectivity index (χ1) is 16.8. The van der Waals surface area contributed by atoms with Gasteiger partial charge in [-0.25, -0.2) is 8.42 Å². The van der Waals surface area contributed by atoms with Gasteiger partial charge < -0.3 is 0 Å². The average Bonchev–Trinajstić information content (AvgIpc) is 3.31. The molecule has 7 nitrogen and oxygen atoms in total. The molecule has 0 atom stereocenters. The van der Waals surface area contributed by atoms with E-state index in [2.05, 4.69) is 15.5 Å². The molecule has 35 heavy (non-hydrogen) atoms. The molecule has 180 valence electrons. The summed E-state index contributed by atoms with van der Waals surface area (Å²) in [5.74, 6) is -0.523. The number of aryl methyl sites for hydroxylation is 2. The zero-order valence-corrected chi connectivity index (χ0v) is 21.5. The van der Waals surface area contributed by atoms with Crippen molar-refractivity contribution < 1.29 is 13.2 Å². The molecule has 0 aliphatic rings. The first-order valence-corrected chi connectivity index (χ1v) is 13.5. The normalized spacial score (nSPS) is 11.3. The van der Waals surface area contributed by atoms with Crippen molar-refractivity contribution in [3.63, 3.8) is 0 Å². The van der Waals surface area contributed by atoms with Crippen molar-refractivity contribution in [2.75, 3.05) is 16.2 Å². The van der Waals surface area contributed by atoms with Gasteiger partial charge in [-0.2, -0.15) is 0 Å². The van der Waals surface area contributed by atoms with Crippen LogP contribution in [0.25, 0.3) is 10.6 Å². The molecule has 0 aliphatic carbocycles. The number of aromatic nitrogens is 2. The zero-order chi connectivity index (χ0) is 25.0. The third kappa shape index (κ3) is 5.70. The van der Waals surface area contributed by atoms with Gasteiger partial charge in [0.15, 0.2) is 0 Å². The number of benzene rings is 3. The first-order valence-electron chi connectivity index (χ1n) is 10.8. The molecule has 0 unspecified atom stereocenters. The Morgan fingerprint density at radius 3 is 2.37 bits per heavy atom. The molecule has 0 saturated carbocycles. The van der Waals surface area contributed by atoms with Gasteiger partial charge >= 0.3 is 0 Å². The Balaban J connectivity index is 1.62. The van der Waals surface area contributed by atoms with Crippen LogP contribution < -0.4 is 9.62 Å². The van der Waals surface area contributed by atoms with Crippen LogP contribution in [0.4, 0.5) is 10.8 Å². The minimum Gasteiger partial charge on any atom is -0.299 e. The van der Waals surface area contributed by atoms with E-state index in [1.165, 1.54) is 11.3 Å². The van der Waals surface area contributed by atoms with Crippen molar-refractivity contribution >= 4 is 49.7 Å². The van der Waals surface area contributed by atoms with Gasteiger partial charge in [0.2, 0.25) is 11.0 Å². The van der Waals surface area contributed by atoms with Gasteiger partial charge in [-0.1, -0.05) is 77.9 Å². The highest BCUT2D eigenvalue weighted by atomic mass is 35.5. The second-order valence-electron chi connectivity index (χ2n) is 7.77. The highest BCUT2D eigenvalue weighted by Gasteiger charge is 2.29. The smallest absolute Gasteiger partial charge is 0.264 e. The SMILES string of the molecule is CCc1ccccc1N(CC(=O)Nc1nnc(-c2ccc(Cl)cc2)s1)S(=O)(=O)c1ccc(C)cc1. The summed E-state index contributed by atoms with van der Waals surface area (Å²) in [6, 6.07) is 20.8. The van der Waals surface area contributed by atoms with Crippen molar-refractivity contribution in [2.45, 2.75) is 25.2 Å². The van der Waals surface area contributed by atoms with E-state index in [0.29, 0.717) is 22.1 Å². The van der Waals surface area contributed by atoms with E-state index >= 15 is 0 Å². The lowest BCUT2D eigenvalue weighted by Crippen LogP contribution is -2.38. The number of nitrogens with zero attached hydrogens (tertiary/aromatic N) is 3. The van der Waals surface area contributed by atoms with Gasteiger partial charge in [-0.3, -0.25) is 14.4 Å². The molecular weight excluding hydrogens is 504 g/mol. The van der Waals surface area contributed by atoms with Crippen LogP contribution in [0.15, 0.2) is 77.7 Å². The molecule has 0 radical (unpaired) electrons. The van der Waals surface area contributed by atoms with Crippen LogP contribution in [0, 0.1) is 6.92 Å². The summed E-state index contributed by atoms with van der Waals surface area (Å²) in [7, 11) is -4.01. The van der Waals surface area contributed by atoms with Gasteiger partial charge in [-0.05, 0) is 49.2 Å². The zero-order valence-electron chi connectivity index (χ0n) is 19.1. The maximum absolute atomic E-state index is 13.6. The number of carbonyl (C=O) groups excluding carboxylic acids is 1. The van der Waals surface area contributed by atoms with E-state index < -0.39 is 22.5 Å². The first kappa shape index (κ1) is 24.8. The van der Waals surface area contributed by atoms with E-state index in [0.717, 1.165) is 21.0 Å². The number of halogens is 1. The van der Waals surface area contributed by atoms with Crippen LogP contribution in [-0.4, -0.2) is 31.1 Å². The van der Waals surface area contributed by atoms with Crippen LogP contribution in [0.1, 0.15) is 18.1 Å². The Hall–Kier alpha value is -3.27. The van der Waals surface area contributed by atoms with Crippen LogP contribution in [0.5, 0.6) is 0 Å². The molecule has 0 fully saturated rings. The van der Waals surface area contributed by atoms with E-state index in [4.69, 9.17) is 11.6 Å². The number of hydrogen-bond donors (Lipinski definition) is 1. The standard InChI is InChI=1S/C25H23ClN4O3S2/c1-3-18-6-4-5-7-22(18)30(35(32,33)21-14-8-17(2)9-15-21)16-23(31)27-25-29-28-24(34-25)19-10-12-20(26)13-11-19/h4-15H,3,16H2,1-2H3,(H,27,29,31). The molecular formula is C25H23ClN4O3S2. The third-order valence-corrected chi connectivity index (χ3v) is 8.21. The molecule has 1 N–H and O–H groups in total. The predicted molar refractivity (Wildman–Crippen MR) is 141 cm³/mol. The van der Waals surface area contributed by atoms with Gasteiger partial charge in [0.1, 0.15) is 11.6 Å². The highest BCUT2D eigenvalue weighted by molar-refractivity contribution is 7.92. The molecule has 1 amide bonds. The molecule has 3 aromatic carbocycles. The Morgan fingerprint density at radius 1 is 1.00 bits per heavy atom. The van der Waals surface area contributed by atoms with Crippen molar-refractivity contribution in [3.05, 3.63) is 88.9 Å². The lowest BCUT2D eigenvalue weighted by atomic mass is 10.1. The van der Waals surface area contributed by atoms with E-state index in [1.54, 1.807) is 48.5 Å².